The molecule has 1 aliphatic carbocycles. The normalized spacial score (nSPS) is 18.3. The van der Waals surface area contributed by atoms with Crippen LogP contribution in [0, 0.1) is 5.92 Å². The Kier molecular flexibility index (Phi) is 5.05. The molecule has 0 bridgehead atoms. The Morgan fingerprint density at radius 1 is 1.31 bits per heavy atom. The van der Waals surface area contributed by atoms with Crippen molar-refractivity contribution in [1.82, 2.24) is 24.1 Å². The van der Waals surface area contributed by atoms with E-state index in [1.807, 2.05) is 25.2 Å². The molecule has 166 valence electrons. The lowest BCUT2D eigenvalue weighted by atomic mass is 9.79. The monoisotopic (exact) mass is 433 g/mol. The topological polar surface area (TPSA) is 109 Å². The number of rotatable bonds is 6. The van der Waals surface area contributed by atoms with E-state index in [9.17, 15) is 9.90 Å². The van der Waals surface area contributed by atoms with Crippen LogP contribution in [0.4, 0.5) is 11.5 Å². The third-order valence-corrected chi connectivity index (χ3v) is 6.25. The Labute approximate surface area is 185 Å². The average Bonchev–Trinajstić information content (AvgIpc) is 3.37. The number of anilines is 2. The van der Waals surface area contributed by atoms with E-state index in [1.54, 1.807) is 16.9 Å². The summed E-state index contributed by atoms with van der Waals surface area (Å²) in [5.74, 6) is 0.652. The van der Waals surface area contributed by atoms with Gasteiger partial charge in [-0.2, -0.15) is 9.61 Å². The van der Waals surface area contributed by atoms with E-state index in [-0.39, 0.29) is 24.0 Å². The minimum absolute atomic E-state index is 0.0305. The number of aliphatic hydroxyl groups is 1. The third-order valence-electron chi connectivity index (χ3n) is 6.25. The van der Waals surface area contributed by atoms with Crippen LogP contribution in [0.5, 0.6) is 0 Å². The summed E-state index contributed by atoms with van der Waals surface area (Å²) in [5, 5.41) is 21.3. The predicted molar refractivity (Wildman–Crippen MR) is 124 cm³/mol. The van der Waals surface area contributed by atoms with E-state index >= 15 is 0 Å². The van der Waals surface area contributed by atoms with Gasteiger partial charge in [-0.05, 0) is 44.7 Å². The van der Waals surface area contributed by atoms with Gasteiger partial charge in [-0.25, -0.2) is 9.97 Å². The van der Waals surface area contributed by atoms with E-state index in [0.717, 1.165) is 41.0 Å². The summed E-state index contributed by atoms with van der Waals surface area (Å²) in [6, 6.07) is 6.17. The molecule has 2 atom stereocenters. The minimum atomic E-state index is -0.378. The van der Waals surface area contributed by atoms with Crippen molar-refractivity contribution in [2.24, 2.45) is 5.92 Å². The van der Waals surface area contributed by atoms with Gasteiger partial charge in [0, 0.05) is 48.9 Å². The summed E-state index contributed by atoms with van der Waals surface area (Å²) < 4.78 is 3.82. The smallest absolute Gasteiger partial charge is 0.224 e. The van der Waals surface area contributed by atoms with Gasteiger partial charge in [0.25, 0.3) is 0 Å². The number of carbonyl (C=O) groups is 1. The summed E-state index contributed by atoms with van der Waals surface area (Å²) in [5.41, 5.74) is 3.75. The molecule has 5 rings (SSSR count). The third kappa shape index (κ3) is 3.38. The minimum Gasteiger partial charge on any atom is -0.393 e. The zero-order valence-electron chi connectivity index (χ0n) is 18.4. The highest BCUT2D eigenvalue weighted by Gasteiger charge is 2.31. The van der Waals surface area contributed by atoms with E-state index < -0.39 is 0 Å². The Bertz CT molecular complexity index is 1310. The second kappa shape index (κ2) is 7.90. The second-order valence-electron chi connectivity index (χ2n) is 8.65. The highest BCUT2D eigenvalue weighted by atomic mass is 16.3. The molecule has 9 heteroatoms. The molecule has 0 aromatic carbocycles. The first-order chi connectivity index (χ1) is 15.5. The van der Waals surface area contributed by atoms with E-state index in [0.29, 0.717) is 17.8 Å². The molecule has 0 spiro atoms. The molecule has 4 aromatic rings. The molecule has 0 aliphatic heterocycles. The number of nitrogens with zero attached hydrogens (tertiary/aromatic N) is 5. The molecule has 0 unspecified atom stereocenters. The maximum Gasteiger partial charge on any atom is 0.224 e. The highest BCUT2D eigenvalue weighted by molar-refractivity contribution is 5.96. The molecule has 9 nitrogen and oxygen atoms in total. The number of hydrogen-bond donors (Lipinski definition) is 3. The summed E-state index contributed by atoms with van der Waals surface area (Å²) in [7, 11) is 1.83. The molecule has 1 amide bonds. The van der Waals surface area contributed by atoms with Gasteiger partial charge < -0.3 is 20.3 Å². The fourth-order valence-corrected chi connectivity index (χ4v) is 4.28. The quantitative estimate of drug-likeness (QED) is 0.430. The SMILES string of the molecule is CNc1cc(-c2cn(C(C)C)c3ncccc23)nc2c(NC(=O)C[C@H]3CC[C@H]3O)cnn12. The Hall–Kier alpha value is -3.46. The van der Waals surface area contributed by atoms with Crippen LogP contribution in [0.25, 0.3) is 27.9 Å². The number of amides is 1. The van der Waals surface area contributed by atoms with Crippen LogP contribution in [0.3, 0.4) is 0 Å². The van der Waals surface area contributed by atoms with Gasteiger partial charge in [0.15, 0.2) is 5.65 Å². The van der Waals surface area contributed by atoms with E-state index in [2.05, 4.69) is 45.3 Å². The van der Waals surface area contributed by atoms with Crippen molar-refractivity contribution in [2.75, 3.05) is 17.7 Å². The Morgan fingerprint density at radius 2 is 2.16 bits per heavy atom. The first-order valence-electron chi connectivity index (χ1n) is 11.0. The lowest BCUT2D eigenvalue weighted by Crippen LogP contribution is -2.34. The lowest BCUT2D eigenvalue weighted by molar-refractivity contribution is -0.119. The number of aromatic nitrogens is 5. The Balaban J connectivity index is 1.57. The van der Waals surface area contributed by atoms with Crippen molar-refractivity contribution in [3.8, 4) is 11.3 Å². The van der Waals surface area contributed by atoms with E-state index in [4.69, 9.17) is 4.98 Å². The van der Waals surface area contributed by atoms with Crippen molar-refractivity contribution in [3.05, 3.63) is 36.8 Å². The largest absolute Gasteiger partial charge is 0.393 e. The van der Waals surface area contributed by atoms with Gasteiger partial charge in [0.1, 0.15) is 17.2 Å². The molecule has 32 heavy (non-hydrogen) atoms. The van der Waals surface area contributed by atoms with Crippen molar-refractivity contribution in [3.63, 3.8) is 0 Å². The Morgan fingerprint density at radius 3 is 2.84 bits per heavy atom. The van der Waals surface area contributed by atoms with Crippen molar-refractivity contribution in [2.45, 2.75) is 45.3 Å². The van der Waals surface area contributed by atoms with Crippen molar-refractivity contribution in [1.29, 1.82) is 0 Å². The van der Waals surface area contributed by atoms with Gasteiger partial charge in [-0.3, -0.25) is 4.79 Å². The number of nitrogens with one attached hydrogen (secondary N) is 2. The van der Waals surface area contributed by atoms with Gasteiger partial charge >= 0.3 is 0 Å². The molecule has 4 aromatic heterocycles. The van der Waals surface area contributed by atoms with Gasteiger partial charge in [0.2, 0.25) is 5.91 Å². The van der Waals surface area contributed by atoms with Crippen LogP contribution in [-0.4, -0.2) is 48.3 Å². The fourth-order valence-electron chi connectivity index (χ4n) is 4.28. The van der Waals surface area contributed by atoms with Crippen LogP contribution in [-0.2, 0) is 4.79 Å². The summed E-state index contributed by atoms with van der Waals surface area (Å²) in [6.45, 7) is 4.24. The van der Waals surface area contributed by atoms with Gasteiger partial charge in [0.05, 0.1) is 18.0 Å². The zero-order valence-corrected chi connectivity index (χ0v) is 18.4. The lowest BCUT2D eigenvalue weighted by Gasteiger charge is -2.31. The molecule has 4 heterocycles. The molecule has 0 saturated heterocycles. The maximum atomic E-state index is 12.6. The summed E-state index contributed by atoms with van der Waals surface area (Å²) in [4.78, 5) is 22.0. The number of hydrogen-bond acceptors (Lipinski definition) is 6. The van der Waals surface area contributed by atoms with Gasteiger partial charge in [-0.1, -0.05) is 0 Å². The number of pyridine rings is 1. The summed E-state index contributed by atoms with van der Waals surface area (Å²) >= 11 is 0. The van der Waals surface area contributed by atoms with Crippen LogP contribution in [0.15, 0.2) is 36.8 Å². The van der Waals surface area contributed by atoms with Crippen LogP contribution >= 0.6 is 0 Å². The number of aliphatic hydroxyl groups excluding tert-OH is 1. The predicted octanol–water partition coefficient (Wildman–Crippen LogP) is 3.47. The standard InChI is InChI=1S/C23H27N7O2/c1-13(2)29-12-16(15-5-4-8-25-22(15)29)17-10-20(24-3)30-23(28-17)18(11-26-30)27-21(32)9-14-6-7-19(14)31/h4-5,8,10-14,19,24,31H,6-7,9H2,1-3H3,(H,27,32)/t14-,19-/m1/s1. The molecule has 3 N–H and O–H groups in total. The molecule has 1 aliphatic rings. The van der Waals surface area contributed by atoms with Crippen LogP contribution in [0.1, 0.15) is 39.2 Å². The van der Waals surface area contributed by atoms with E-state index in [1.165, 1.54) is 0 Å². The molecule has 1 saturated carbocycles. The maximum absolute atomic E-state index is 12.6. The molecule has 1 fully saturated rings. The van der Waals surface area contributed by atoms with Crippen LogP contribution in [0.2, 0.25) is 0 Å². The van der Waals surface area contributed by atoms with Crippen molar-refractivity contribution >= 4 is 34.1 Å². The highest BCUT2D eigenvalue weighted by Crippen LogP contribution is 2.34. The molecule has 0 radical (unpaired) electrons. The zero-order chi connectivity index (χ0) is 22.4. The van der Waals surface area contributed by atoms with Crippen LogP contribution < -0.4 is 10.6 Å². The average molecular weight is 434 g/mol. The number of fused-ring (bicyclic) bond motifs is 2. The fraction of sp³-hybridized carbons (Fsp3) is 0.391. The number of carbonyl (C=O) groups excluding carboxylic acids is 1. The van der Waals surface area contributed by atoms with Crippen molar-refractivity contribution < 1.29 is 9.90 Å². The van der Waals surface area contributed by atoms with Gasteiger partial charge in [-0.15, -0.1) is 0 Å². The summed E-state index contributed by atoms with van der Waals surface area (Å²) in [6.07, 6.45) is 7.05. The second-order valence-corrected chi connectivity index (χ2v) is 8.65. The molecular formula is C23H27N7O2. The first-order valence-corrected chi connectivity index (χ1v) is 11.0. The molecular weight excluding hydrogens is 406 g/mol. The first kappa shape index (κ1) is 20.4.